The van der Waals surface area contributed by atoms with Crippen LogP contribution in [0.15, 0.2) is 18.3 Å². The highest BCUT2D eigenvalue weighted by Gasteiger charge is 2.35. The number of hydrogen-bond acceptors (Lipinski definition) is 3. The molecule has 0 radical (unpaired) electrons. The Hall–Kier alpha value is -1.67. The molecule has 0 atom stereocenters. The van der Waals surface area contributed by atoms with Gasteiger partial charge in [0.1, 0.15) is 28.0 Å². The van der Waals surface area contributed by atoms with Crippen LogP contribution >= 0.6 is 23.2 Å². The Labute approximate surface area is 124 Å². The van der Waals surface area contributed by atoms with Gasteiger partial charge in [-0.3, -0.25) is 0 Å². The summed E-state index contributed by atoms with van der Waals surface area (Å²) in [6.07, 6.45) is -4.31. The average molecular weight is 344 g/mol. The first-order valence-corrected chi connectivity index (χ1v) is 5.95. The summed E-state index contributed by atoms with van der Waals surface area (Å²) in [5.41, 5.74) is -1.54. The van der Waals surface area contributed by atoms with Crippen molar-refractivity contribution in [1.82, 2.24) is 9.97 Å². The van der Waals surface area contributed by atoms with E-state index in [9.17, 15) is 22.0 Å². The maximum atomic E-state index is 13.3. The molecule has 0 fully saturated rings. The van der Waals surface area contributed by atoms with Crippen molar-refractivity contribution in [2.45, 2.75) is 6.18 Å². The molecule has 0 saturated heterocycles. The summed E-state index contributed by atoms with van der Waals surface area (Å²) in [4.78, 5) is 6.58. The lowest BCUT2D eigenvalue weighted by Crippen LogP contribution is -2.11. The van der Waals surface area contributed by atoms with Crippen LogP contribution in [-0.4, -0.2) is 9.97 Å². The highest BCUT2D eigenvalue weighted by Crippen LogP contribution is 2.35. The molecule has 3 nitrogen and oxygen atoms in total. The number of rotatable bonds is 2. The number of halogens is 7. The molecule has 21 heavy (non-hydrogen) atoms. The van der Waals surface area contributed by atoms with Crippen LogP contribution in [0.1, 0.15) is 5.56 Å². The predicted molar refractivity (Wildman–Crippen MR) is 66.7 cm³/mol. The second kappa shape index (κ2) is 5.61. The third kappa shape index (κ3) is 3.51. The second-order valence-corrected chi connectivity index (χ2v) is 4.49. The summed E-state index contributed by atoms with van der Waals surface area (Å²) < 4.78 is 64.8. The van der Waals surface area contributed by atoms with E-state index in [-0.39, 0.29) is 5.69 Å². The fraction of sp³-hybridized carbons (Fsp3) is 0.0909. The van der Waals surface area contributed by atoms with E-state index < -0.39 is 39.5 Å². The van der Waals surface area contributed by atoms with Crippen molar-refractivity contribution in [2.24, 2.45) is 0 Å². The van der Waals surface area contributed by atoms with E-state index in [0.29, 0.717) is 6.20 Å². The molecule has 0 aliphatic carbocycles. The quantitative estimate of drug-likeness (QED) is 0.482. The number of nitrogens with one attached hydrogen (secondary N) is 1. The van der Waals surface area contributed by atoms with Crippen molar-refractivity contribution >= 4 is 34.7 Å². The van der Waals surface area contributed by atoms with Crippen molar-refractivity contribution in [3.63, 3.8) is 0 Å². The maximum Gasteiger partial charge on any atom is 0.421 e. The summed E-state index contributed by atoms with van der Waals surface area (Å²) in [6, 6.07) is 1.45. The van der Waals surface area contributed by atoms with Crippen LogP contribution in [-0.2, 0) is 6.18 Å². The molecular formula is C11H4Cl2F5N3. The van der Waals surface area contributed by atoms with Gasteiger partial charge in [0.2, 0.25) is 5.28 Å². The first kappa shape index (κ1) is 15.7. The molecular weight excluding hydrogens is 340 g/mol. The molecule has 1 aromatic carbocycles. The number of nitrogens with zero attached hydrogens (tertiary/aromatic N) is 2. The molecule has 0 aliphatic heterocycles. The van der Waals surface area contributed by atoms with Gasteiger partial charge in [0, 0.05) is 11.9 Å². The molecule has 0 spiro atoms. The lowest BCUT2D eigenvalue weighted by atomic mass is 10.2. The highest BCUT2D eigenvalue weighted by atomic mass is 35.5. The number of hydrogen-bond donors (Lipinski definition) is 1. The first-order chi connectivity index (χ1) is 9.68. The van der Waals surface area contributed by atoms with Gasteiger partial charge in [0.05, 0.1) is 0 Å². The summed E-state index contributed by atoms with van der Waals surface area (Å²) in [7, 11) is 0. The zero-order chi connectivity index (χ0) is 15.8. The Morgan fingerprint density at radius 3 is 2.14 bits per heavy atom. The van der Waals surface area contributed by atoms with E-state index in [2.05, 4.69) is 15.3 Å². The van der Waals surface area contributed by atoms with Gasteiger partial charge in [-0.2, -0.15) is 18.2 Å². The fourth-order valence-electron chi connectivity index (χ4n) is 1.43. The van der Waals surface area contributed by atoms with E-state index in [4.69, 9.17) is 23.2 Å². The number of benzene rings is 1. The third-order valence-electron chi connectivity index (χ3n) is 2.31. The summed E-state index contributed by atoms with van der Waals surface area (Å²) >= 11 is 10.7. The summed E-state index contributed by atoms with van der Waals surface area (Å²) in [5, 5.41) is 0.910. The minimum absolute atomic E-state index is 0.310. The Balaban J connectivity index is 2.46. The van der Waals surface area contributed by atoms with Gasteiger partial charge in [-0.15, -0.1) is 0 Å². The van der Waals surface area contributed by atoms with Gasteiger partial charge in [-0.25, -0.2) is 13.8 Å². The van der Waals surface area contributed by atoms with Gasteiger partial charge in [-0.05, 0) is 23.7 Å². The minimum Gasteiger partial charge on any atom is -0.339 e. The summed E-state index contributed by atoms with van der Waals surface area (Å²) in [5.74, 6) is -3.00. The molecule has 10 heteroatoms. The highest BCUT2D eigenvalue weighted by molar-refractivity contribution is 6.31. The molecule has 1 aromatic heterocycles. The Morgan fingerprint density at radius 2 is 1.62 bits per heavy atom. The molecule has 0 unspecified atom stereocenters. The molecule has 0 bridgehead atoms. The standard InChI is InChI=1S/C11H4Cl2F5N3/c12-8-6(14)1-4(2-7(8)15)20-9-5(11(16,17)18)3-19-10(13)21-9/h1-3H,(H,19,20,21). The predicted octanol–water partition coefficient (Wildman–Crippen LogP) is 4.82. The minimum atomic E-state index is -4.77. The van der Waals surface area contributed by atoms with E-state index in [1.807, 2.05) is 0 Å². The van der Waals surface area contributed by atoms with Crippen LogP contribution in [0.25, 0.3) is 0 Å². The topological polar surface area (TPSA) is 37.8 Å². The molecule has 2 aromatic rings. The monoisotopic (exact) mass is 343 g/mol. The molecule has 2 rings (SSSR count). The Bertz CT molecular complexity index is 667. The van der Waals surface area contributed by atoms with Crippen LogP contribution in [0.3, 0.4) is 0 Å². The summed E-state index contributed by atoms with van der Waals surface area (Å²) in [6.45, 7) is 0. The van der Waals surface area contributed by atoms with Gasteiger partial charge in [0.15, 0.2) is 0 Å². The van der Waals surface area contributed by atoms with E-state index in [0.717, 1.165) is 12.1 Å². The molecule has 1 heterocycles. The van der Waals surface area contributed by atoms with Crippen LogP contribution in [0, 0.1) is 11.6 Å². The molecule has 1 N–H and O–H groups in total. The van der Waals surface area contributed by atoms with E-state index in [1.165, 1.54) is 0 Å². The molecule has 0 saturated carbocycles. The first-order valence-electron chi connectivity index (χ1n) is 5.20. The van der Waals surface area contributed by atoms with Gasteiger partial charge in [0.25, 0.3) is 0 Å². The third-order valence-corrected chi connectivity index (χ3v) is 2.85. The van der Waals surface area contributed by atoms with Gasteiger partial charge in [-0.1, -0.05) is 11.6 Å². The zero-order valence-corrected chi connectivity index (χ0v) is 11.3. The van der Waals surface area contributed by atoms with E-state index in [1.54, 1.807) is 0 Å². The maximum absolute atomic E-state index is 13.3. The van der Waals surface area contributed by atoms with Gasteiger partial charge < -0.3 is 5.32 Å². The molecule has 0 amide bonds. The smallest absolute Gasteiger partial charge is 0.339 e. The van der Waals surface area contributed by atoms with Crippen LogP contribution in [0.2, 0.25) is 10.3 Å². The second-order valence-electron chi connectivity index (χ2n) is 3.78. The van der Waals surface area contributed by atoms with Crippen molar-refractivity contribution in [1.29, 1.82) is 0 Å². The normalized spacial score (nSPS) is 11.6. The van der Waals surface area contributed by atoms with Gasteiger partial charge >= 0.3 is 6.18 Å². The number of alkyl halides is 3. The fourth-order valence-corrected chi connectivity index (χ4v) is 1.67. The van der Waals surface area contributed by atoms with E-state index >= 15 is 0 Å². The van der Waals surface area contributed by atoms with Crippen molar-refractivity contribution < 1.29 is 22.0 Å². The largest absolute Gasteiger partial charge is 0.421 e. The lowest BCUT2D eigenvalue weighted by molar-refractivity contribution is -0.137. The van der Waals surface area contributed by atoms with Crippen molar-refractivity contribution in [3.8, 4) is 0 Å². The van der Waals surface area contributed by atoms with Crippen molar-refractivity contribution in [3.05, 3.63) is 45.8 Å². The average Bonchev–Trinajstić information content (AvgIpc) is 2.34. The lowest BCUT2D eigenvalue weighted by Gasteiger charge is -2.13. The molecule has 112 valence electrons. The van der Waals surface area contributed by atoms with Crippen molar-refractivity contribution in [2.75, 3.05) is 5.32 Å². The van der Waals surface area contributed by atoms with Crippen LogP contribution < -0.4 is 5.32 Å². The van der Waals surface area contributed by atoms with Crippen LogP contribution in [0.4, 0.5) is 33.5 Å². The number of aromatic nitrogens is 2. The Kier molecular flexibility index (Phi) is 4.20. The Morgan fingerprint density at radius 1 is 1.05 bits per heavy atom. The van der Waals surface area contributed by atoms with Crippen LogP contribution in [0.5, 0.6) is 0 Å². The zero-order valence-electron chi connectivity index (χ0n) is 9.77. The number of anilines is 2. The molecule has 0 aliphatic rings. The SMILES string of the molecule is Fc1cc(Nc2nc(Cl)ncc2C(F)(F)F)cc(F)c1Cl.